The van der Waals surface area contributed by atoms with Crippen LogP contribution >= 0.6 is 27.5 Å². The predicted molar refractivity (Wildman–Crippen MR) is 121 cm³/mol. The van der Waals surface area contributed by atoms with Gasteiger partial charge in [0.25, 0.3) is 0 Å². The summed E-state index contributed by atoms with van der Waals surface area (Å²) in [6.45, 7) is 3.18. The third-order valence-electron chi connectivity index (χ3n) is 4.77. The molecule has 3 rings (SSSR count). The van der Waals surface area contributed by atoms with Crippen molar-refractivity contribution in [2.24, 2.45) is 0 Å². The fourth-order valence-electron chi connectivity index (χ4n) is 3.04. The van der Waals surface area contributed by atoms with Crippen LogP contribution in [0, 0.1) is 5.82 Å². The second kappa shape index (κ2) is 10.8. The number of halogens is 3. The largest absolute Gasteiger partial charge is 0.489 e. The van der Waals surface area contributed by atoms with Gasteiger partial charge in [-0.15, -0.1) is 0 Å². The van der Waals surface area contributed by atoms with Gasteiger partial charge in [0.1, 0.15) is 18.2 Å². The summed E-state index contributed by atoms with van der Waals surface area (Å²) < 4.78 is 20.2. The molecule has 1 N–H and O–H groups in total. The highest BCUT2D eigenvalue weighted by Crippen LogP contribution is 2.26. The van der Waals surface area contributed by atoms with Crippen LogP contribution in [0.3, 0.4) is 0 Å². The Kier molecular flexibility index (Phi) is 8.10. The zero-order valence-electron chi connectivity index (χ0n) is 16.3. The first-order chi connectivity index (χ1) is 14.0. The molecule has 0 heterocycles. The summed E-state index contributed by atoms with van der Waals surface area (Å²) in [4.78, 5) is 0. The van der Waals surface area contributed by atoms with Crippen molar-refractivity contribution in [1.82, 2.24) is 5.32 Å². The predicted octanol–water partition coefficient (Wildman–Crippen LogP) is 6.93. The Morgan fingerprint density at radius 2 is 1.83 bits per heavy atom. The SMILES string of the molecule is C[C@@H](CCc1ccccc1)NCc1cc(Br)ccc1OCc1ccc(F)cc1Cl. The van der Waals surface area contributed by atoms with Crippen LogP contribution in [-0.2, 0) is 19.6 Å². The molecule has 0 radical (unpaired) electrons. The van der Waals surface area contributed by atoms with Gasteiger partial charge in [-0.25, -0.2) is 4.39 Å². The molecule has 1 atom stereocenters. The molecular weight excluding hydrogens is 453 g/mol. The molecule has 0 amide bonds. The molecule has 3 aromatic rings. The highest BCUT2D eigenvalue weighted by Gasteiger charge is 2.09. The number of nitrogens with one attached hydrogen (secondary N) is 1. The minimum Gasteiger partial charge on any atom is -0.489 e. The van der Waals surface area contributed by atoms with E-state index in [4.69, 9.17) is 16.3 Å². The molecule has 0 aliphatic carbocycles. The number of rotatable bonds is 9. The third-order valence-corrected chi connectivity index (χ3v) is 5.62. The maximum Gasteiger partial charge on any atom is 0.124 e. The molecule has 2 nitrogen and oxygen atoms in total. The lowest BCUT2D eigenvalue weighted by atomic mass is 10.1. The standard InChI is InChI=1S/C24H24BrClFNO/c1-17(7-8-18-5-3-2-4-6-18)28-15-20-13-21(25)10-12-24(20)29-16-19-9-11-22(27)14-23(19)26/h2-6,9-14,17,28H,7-8,15-16H2,1H3/t17-/m0/s1. The molecule has 5 heteroatoms. The van der Waals surface area contributed by atoms with Crippen molar-refractivity contribution >= 4 is 27.5 Å². The first-order valence-corrected chi connectivity index (χ1v) is 10.8. The van der Waals surface area contributed by atoms with Crippen molar-refractivity contribution in [1.29, 1.82) is 0 Å². The van der Waals surface area contributed by atoms with Crippen LogP contribution in [0.25, 0.3) is 0 Å². The van der Waals surface area contributed by atoms with E-state index in [2.05, 4.69) is 58.5 Å². The highest BCUT2D eigenvalue weighted by atomic mass is 79.9. The lowest BCUT2D eigenvalue weighted by Crippen LogP contribution is -2.26. The quantitative estimate of drug-likeness (QED) is 0.361. The van der Waals surface area contributed by atoms with Gasteiger partial charge >= 0.3 is 0 Å². The fourth-order valence-corrected chi connectivity index (χ4v) is 3.67. The van der Waals surface area contributed by atoms with Gasteiger partial charge in [0.15, 0.2) is 0 Å². The molecule has 152 valence electrons. The maximum atomic E-state index is 13.2. The molecule has 0 aliphatic rings. The number of ether oxygens (including phenoxy) is 1. The molecule has 0 aliphatic heterocycles. The molecule has 0 unspecified atom stereocenters. The van der Waals surface area contributed by atoms with Gasteiger partial charge < -0.3 is 10.1 Å². The Morgan fingerprint density at radius 3 is 2.59 bits per heavy atom. The van der Waals surface area contributed by atoms with Crippen molar-refractivity contribution in [3.05, 3.63) is 98.7 Å². The van der Waals surface area contributed by atoms with Gasteiger partial charge in [-0.05, 0) is 55.7 Å². The summed E-state index contributed by atoms with van der Waals surface area (Å²) in [5, 5.41) is 3.95. The van der Waals surface area contributed by atoms with E-state index in [1.54, 1.807) is 6.07 Å². The average Bonchev–Trinajstić information content (AvgIpc) is 2.72. The monoisotopic (exact) mass is 475 g/mol. The van der Waals surface area contributed by atoms with Crippen LogP contribution in [0.4, 0.5) is 4.39 Å². The molecule has 0 bridgehead atoms. The molecule has 29 heavy (non-hydrogen) atoms. The number of aryl methyl sites for hydroxylation is 1. The van der Waals surface area contributed by atoms with E-state index in [1.807, 2.05) is 18.2 Å². The summed E-state index contributed by atoms with van der Waals surface area (Å²) in [6, 6.07) is 21.2. The zero-order valence-corrected chi connectivity index (χ0v) is 18.6. The van der Waals surface area contributed by atoms with Gasteiger partial charge in [-0.1, -0.05) is 63.9 Å². The van der Waals surface area contributed by atoms with Crippen LogP contribution in [0.1, 0.15) is 30.0 Å². The first-order valence-electron chi connectivity index (χ1n) is 9.63. The molecule has 0 spiro atoms. The van der Waals surface area contributed by atoms with Crippen LogP contribution < -0.4 is 10.1 Å². The molecule has 0 saturated carbocycles. The second-order valence-electron chi connectivity index (χ2n) is 7.08. The normalized spacial score (nSPS) is 12.0. The van der Waals surface area contributed by atoms with Crippen molar-refractivity contribution in [3.8, 4) is 5.75 Å². The molecular formula is C24H24BrClFNO. The van der Waals surface area contributed by atoms with E-state index >= 15 is 0 Å². The summed E-state index contributed by atoms with van der Waals surface area (Å²) in [5.74, 6) is 0.438. The van der Waals surface area contributed by atoms with Crippen molar-refractivity contribution in [3.63, 3.8) is 0 Å². The first kappa shape index (κ1) is 21.8. The highest BCUT2D eigenvalue weighted by molar-refractivity contribution is 9.10. The smallest absolute Gasteiger partial charge is 0.124 e. The Hall–Kier alpha value is -1.88. The Labute approximate surface area is 185 Å². The lowest BCUT2D eigenvalue weighted by Gasteiger charge is -2.17. The number of hydrogen-bond acceptors (Lipinski definition) is 2. The van der Waals surface area contributed by atoms with Gasteiger partial charge in [-0.3, -0.25) is 0 Å². The zero-order chi connectivity index (χ0) is 20.6. The van der Waals surface area contributed by atoms with Crippen LogP contribution in [0.15, 0.2) is 71.2 Å². The van der Waals surface area contributed by atoms with E-state index in [1.165, 1.54) is 17.7 Å². The number of hydrogen-bond donors (Lipinski definition) is 1. The summed E-state index contributed by atoms with van der Waals surface area (Å²) >= 11 is 9.64. The van der Waals surface area contributed by atoms with Crippen LogP contribution in [-0.4, -0.2) is 6.04 Å². The third kappa shape index (κ3) is 6.84. The lowest BCUT2D eigenvalue weighted by molar-refractivity contribution is 0.301. The van der Waals surface area contributed by atoms with Crippen LogP contribution in [0.5, 0.6) is 5.75 Å². The van der Waals surface area contributed by atoms with Gasteiger partial charge in [0, 0.05) is 28.2 Å². The Bertz CT molecular complexity index is 935. The van der Waals surface area contributed by atoms with E-state index < -0.39 is 0 Å². The molecule has 0 saturated heterocycles. The minimum absolute atomic E-state index is 0.289. The van der Waals surface area contributed by atoms with Gasteiger partial charge in [-0.2, -0.15) is 0 Å². The molecule has 0 fully saturated rings. The van der Waals surface area contributed by atoms with Crippen LogP contribution in [0.2, 0.25) is 5.02 Å². The van der Waals surface area contributed by atoms with Crippen molar-refractivity contribution < 1.29 is 9.13 Å². The molecule has 0 aromatic heterocycles. The Balaban J connectivity index is 1.58. The summed E-state index contributed by atoms with van der Waals surface area (Å²) in [7, 11) is 0. The topological polar surface area (TPSA) is 21.3 Å². The second-order valence-corrected chi connectivity index (χ2v) is 8.41. The van der Waals surface area contributed by atoms with E-state index in [-0.39, 0.29) is 12.4 Å². The summed E-state index contributed by atoms with van der Waals surface area (Å²) in [5.41, 5.74) is 3.17. The summed E-state index contributed by atoms with van der Waals surface area (Å²) in [6.07, 6.45) is 2.10. The van der Waals surface area contributed by atoms with E-state index in [0.717, 1.165) is 34.2 Å². The van der Waals surface area contributed by atoms with Gasteiger partial charge in [0.2, 0.25) is 0 Å². The van der Waals surface area contributed by atoms with Crippen molar-refractivity contribution in [2.75, 3.05) is 0 Å². The van der Waals surface area contributed by atoms with E-state index in [0.29, 0.717) is 17.6 Å². The van der Waals surface area contributed by atoms with Gasteiger partial charge in [0.05, 0.1) is 5.02 Å². The minimum atomic E-state index is -0.350. The fraction of sp³-hybridized carbons (Fsp3) is 0.250. The molecule has 3 aromatic carbocycles. The average molecular weight is 477 g/mol. The number of benzene rings is 3. The maximum absolute atomic E-state index is 13.2. The van der Waals surface area contributed by atoms with Crippen molar-refractivity contribution in [2.45, 2.75) is 39.0 Å². The Morgan fingerprint density at radius 1 is 1.03 bits per heavy atom. The van der Waals surface area contributed by atoms with E-state index in [9.17, 15) is 4.39 Å².